The minimum absolute atomic E-state index is 0.415. The first kappa shape index (κ1) is 7.42. The van der Waals surface area contributed by atoms with Gasteiger partial charge in [-0.2, -0.15) is 11.8 Å². The first-order chi connectivity index (χ1) is 4.30. The van der Waals surface area contributed by atoms with Gasteiger partial charge in [0.25, 0.3) is 0 Å². The van der Waals surface area contributed by atoms with Crippen molar-refractivity contribution in [3.05, 3.63) is 0 Å². The lowest BCUT2D eigenvalue weighted by Gasteiger charge is -2.24. The van der Waals surface area contributed by atoms with Crippen LogP contribution in [0, 0.1) is 5.92 Å². The van der Waals surface area contributed by atoms with Crippen molar-refractivity contribution in [3.8, 4) is 0 Å². The van der Waals surface area contributed by atoms with Crippen LogP contribution in [0.2, 0.25) is 0 Å². The predicted molar refractivity (Wildman–Crippen MR) is 43.7 cm³/mol. The first-order valence-electron chi connectivity index (χ1n) is 3.64. The van der Waals surface area contributed by atoms with Crippen LogP contribution in [0.5, 0.6) is 0 Å². The Morgan fingerprint density at radius 3 is 2.78 bits per heavy atom. The number of hydrogen-bond acceptors (Lipinski definition) is 2. The second-order valence-corrected chi connectivity index (χ2v) is 3.99. The van der Waals surface area contributed by atoms with Gasteiger partial charge in [-0.1, -0.05) is 0 Å². The average molecular weight is 145 g/mol. The molecule has 1 heterocycles. The van der Waals surface area contributed by atoms with E-state index in [0.29, 0.717) is 6.04 Å². The minimum atomic E-state index is 0.415. The van der Waals surface area contributed by atoms with Gasteiger partial charge in [0, 0.05) is 6.04 Å². The molecule has 0 saturated carbocycles. The highest BCUT2D eigenvalue weighted by molar-refractivity contribution is 7.99. The van der Waals surface area contributed by atoms with Gasteiger partial charge < -0.3 is 5.73 Å². The van der Waals surface area contributed by atoms with E-state index in [1.807, 2.05) is 0 Å². The molecule has 9 heavy (non-hydrogen) atoms. The lowest BCUT2D eigenvalue weighted by atomic mass is 9.99. The fourth-order valence-electron chi connectivity index (χ4n) is 1.18. The molecule has 2 heteroatoms. The van der Waals surface area contributed by atoms with Gasteiger partial charge in [-0.25, -0.2) is 0 Å². The number of thioether (sulfide) groups is 1. The number of rotatable bonds is 1. The number of hydrogen-bond donors (Lipinski definition) is 1. The van der Waals surface area contributed by atoms with Gasteiger partial charge in [-0.15, -0.1) is 0 Å². The summed E-state index contributed by atoms with van der Waals surface area (Å²) in [5, 5.41) is 0. The van der Waals surface area contributed by atoms with E-state index in [9.17, 15) is 0 Å². The van der Waals surface area contributed by atoms with Crippen molar-refractivity contribution in [1.82, 2.24) is 0 Å². The molecule has 2 N–H and O–H groups in total. The van der Waals surface area contributed by atoms with Crippen LogP contribution in [0.1, 0.15) is 19.8 Å². The minimum Gasteiger partial charge on any atom is -0.328 e. The summed E-state index contributed by atoms with van der Waals surface area (Å²) in [6.45, 7) is 2.12. The quantitative estimate of drug-likeness (QED) is 0.605. The summed E-state index contributed by atoms with van der Waals surface area (Å²) in [6, 6.07) is 0.415. The van der Waals surface area contributed by atoms with Crippen LogP contribution in [0.4, 0.5) is 0 Å². The Bertz CT molecular complexity index is 77.0. The smallest absolute Gasteiger partial charge is 0.00466 e. The van der Waals surface area contributed by atoms with Crippen LogP contribution in [-0.2, 0) is 0 Å². The molecule has 0 spiro atoms. The molecule has 0 aromatic carbocycles. The molecule has 1 aliphatic rings. The number of nitrogens with two attached hydrogens (primary N) is 1. The van der Waals surface area contributed by atoms with E-state index in [4.69, 9.17) is 5.73 Å². The Kier molecular flexibility index (Phi) is 2.86. The lowest BCUT2D eigenvalue weighted by molar-refractivity contribution is 0.446. The van der Waals surface area contributed by atoms with Crippen molar-refractivity contribution in [2.75, 3.05) is 11.5 Å². The summed E-state index contributed by atoms with van der Waals surface area (Å²) in [6.07, 6.45) is 2.72. The van der Waals surface area contributed by atoms with E-state index in [0.717, 1.165) is 5.92 Å². The van der Waals surface area contributed by atoms with Crippen molar-refractivity contribution >= 4 is 11.8 Å². The van der Waals surface area contributed by atoms with E-state index >= 15 is 0 Å². The molecule has 0 aromatic heterocycles. The topological polar surface area (TPSA) is 26.0 Å². The Hall–Kier alpha value is 0.310. The van der Waals surface area contributed by atoms with Crippen LogP contribution in [0.25, 0.3) is 0 Å². The SMILES string of the molecule is CC(N)C1CCCSC1. The maximum absolute atomic E-state index is 5.75. The molecule has 1 saturated heterocycles. The van der Waals surface area contributed by atoms with E-state index in [1.54, 1.807) is 0 Å². The normalized spacial score (nSPS) is 32.0. The van der Waals surface area contributed by atoms with Crippen molar-refractivity contribution in [2.45, 2.75) is 25.8 Å². The Morgan fingerprint density at radius 1 is 1.67 bits per heavy atom. The van der Waals surface area contributed by atoms with Crippen LogP contribution in [0.3, 0.4) is 0 Å². The molecule has 0 aliphatic carbocycles. The molecule has 54 valence electrons. The molecule has 2 atom stereocenters. The molecular formula is C7H15NS. The van der Waals surface area contributed by atoms with Gasteiger partial charge in [-0.3, -0.25) is 0 Å². The van der Waals surface area contributed by atoms with Gasteiger partial charge in [0.15, 0.2) is 0 Å². The standard InChI is InChI=1S/C7H15NS/c1-6(8)7-3-2-4-9-5-7/h6-7H,2-5,8H2,1H3. The van der Waals surface area contributed by atoms with E-state index in [1.165, 1.54) is 24.3 Å². The van der Waals surface area contributed by atoms with Crippen LogP contribution in [-0.4, -0.2) is 17.5 Å². The third-order valence-electron chi connectivity index (χ3n) is 1.94. The van der Waals surface area contributed by atoms with E-state index in [-0.39, 0.29) is 0 Å². The lowest BCUT2D eigenvalue weighted by Crippen LogP contribution is -2.30. The molecule has 1 nitrogen and oxygen atoms in total. The summed E-state index contributed by atoms with van der Waals surface area (Å²) in [5.74, 6) is 3.43. The maximum atomic E-state index is 5.75. The molecule has 1 rings (SSSR count). The van der Waals surface area contributed by atoms with Crippen molar-refractivity contribution in [3.63, 3.8) is 0 Å². The molecule has 1 aliphatic heterocycles. The first-order valence-corrected chi connectivity index (χ1v) is 4.79. The molecule has 1 fully saturated rings. The molecule has 0 bridgehead atoms. The molecule has 0 aromatic rings. The Morgan fingerprint density at radius 2 is 2.44 bits per heavy atom. The average Bonchev–Trinajstić information content (AvgIpc) is 1.90. The van der Waals surface area contributed by atoms with Gasteiger partial charge in [0.2, 0.25) is 0 Å². The Labute approximate surface area is 61.4 Å². The Balaban J connectivity index is 2.23. The summed E-state index contributed by atoms with van der Waals surface area (Å²) < 4.78 is 0. The zero-order valence-corrected chi connectivity index (χ0v) is 6.79. The zero-order chi connectivity index (χ0) is 6.69. The maximum Gasteiger partial charge on any atom is 0.00466 e. The summed E-state index contributed by atoms with van der Waals surface area (Å²) >= 11 is 2.05. The molecular weight excluding hydrogens is 130 g/mol. The predicted octanol–water partition coefficient (Wildman–Crippen LogP) is 1.48. The fourth-order valence-corrected chi connectivity index (χ4v) is 2.49. The van der Waals surface area contributed by atoms with Crippen LogP contribution in [0.15, 0.2) is 0 Å². The highest BCUT2D eigenvalue weighted by atomic mass is 32.2. The highest BCUT2D eigenvalue weighted by Gasteiger charge is 2.16. The van der Waals surface area contributed by atoms with Crippen LogP contribution < -0.4 is 5.73 Å². The molecule has 0 amide bonds. The van der Waals surface area contributed by atoms with Gasteiger partial charge in [0.05, 0.1) is 0 Å². The van der Waals surface area contributed by atoms with Gasteiger partial charge in [0.1, 0.15) is 0 Å². The largest absolute Gasteiger partial charge is 0.328 e. The van der Waals surface area contributed by atoms with Crippen LogP contribution >= 0.6 is 11.8 Å². The van der Waals surface area contributed by atoms with Crippen molar-refractivity contribution in [1.29, 1.82) is 0 Å². The molecule has 0 radical (unpaired) electrons. The van der Waals surface area contributed by atoms with E-state index < -0.39 is 0 Å². The summed E-state index contributed by atoms with van der Waals surface area (Å²) in [5.41, 5.74) is 5.75. The van der Waals surface area contributed by atoms with Gasteiger partial charge in [-0.05, 0) is 37.2 Å². The van der Waals surface area contributed by atoms with Gasteiger partial charge >= 0.3 is 0 Å². The monoisotopic (exact) mass is 145 g/mol. The summed E-state index contributed by atoms with van der Waals surface area (Å²) in [4.78, 5) is 0. The third-order valence-corrected chi connectivity index (χ3v) is 3.18. The highest BCUT2D eigenvalue weighted by Crippen LogP contribution is 2.23. The zero-order valence-electron chi connectivity index (χ0n) is 5.97. The van der Waals surface area contributed by atoms with E-state index in [2.05, 4.69) is 18.7 Å². The second-order valence-electron chi connectivity index (χ2n) is 2.84. The fraction of sp³-hybridized carbons (Fsp3) is 1.00. The van der Waals surface area contributed by atoms with Crippen molar-refractivity contribution in [2.24, 2.45) is 11.7 Å². The molecule has 2 unspecified atom stereocenters. The second kappa shape index (κ2) is 3.47. The van der Waals surface area contributed by atoms with Crippen molar-refractivity contribution < 1.29 is 0 Å². The summed E-state index contributed by atoms with van der Waals surface area (Å²) in [7, 11) is 0. The third kappa shape index (κ3) is 2.18.